The summed E-state index contributed by atoms with van der Waals surface area (Å²) in [5.74, 6) is 0.0442. The van der Waals surface area contributed by atoms with E-state index in [0.29, 0.717) is 18.5 Å². The molecule has 0 saturated carbocycles. The molecule has 7 heteroatoms. The van der Waals surface area contributed by atoms with E-state index in [1.165, 1.54) is 12.5 Å². The highest BCUT2D eigenvalue weighted by Crippen LogP contribution is 2.37. The Balaban J connectivity index is 0.000000156. The summed E-state index contributed by atoms with van der Waals surface area (Å²) in [6.45, 7) is 3.04. The van der Waals surface area contributed by atoms with E-state index in [9.17, 15) is 14.7 Å². The van der Waals surface area contributed by atoms with Crippen LogP contribution in [0.25, 0.3) is 0 Å². The second kappa shape index (κ2) is 7.89. The van der Waals surface area contributed by atoms with Gasteiger partial charge in [0.1, 0.15) is 5.78 Å². The number of aromatic nitrogens is 2. The van der Waals surface area contributed by atoms with E-state index in [1.807, 2.05) is 6.07 Å². The lowest BCUT2D eigenvalue weighted by molar-refractivity contribution is -0.136. The van der Waals surface area contributed by atoms with Crippen LogP contribution >= 0.6 is 31.9 Å². The molecule has 0 radical (unpaired) electrons. The van der Waals surface area contributed by atoms with Gasteiger partial charge in [0.2, 0.25) is 0 Å². The molecule has 142 valence electrons. The zero-order valence-corrected chi connectivity index (χ0v) is 18.3. The van der Waals surface area contributed by atoms with E-state index >= 15 is 0 Å². The molecule has 0 aromatic carbocycles. The molecule has 1 N–H and O–H groups in total. The van der Waals surface area contributed by atoms with Gasteiger partial charge in [-0.15, -0.1) is 0 Å². The van der Waals surface area contributed by atoms with Gasteiger partial charge in [-0.3, -0.25) is 19.6 Å². The van der Waals surface area contributed by atoms with Gasteiger partial charge in [-0.2, -0.15) is 0 Å². The maximum absolute atomic E-state index is 11.3. The van der Waals surface area contributed by atoms with Gasteiger partial charge in [-0.05, 0) is 94.7 Å². The van der Waals surface area contributed by atoms with Gasteiger partial charge in [0, 0.05) is 21.3 Å². The van der Waals surface area contributed by atoms with Crippen molar-refractivity contribution in [2.24, 2.45) is 0 Å². The van der Waals surface area contributed by atoms with Gasteiger partial charge >= 0.3 is 0 Å². The Morgan fingerprint density at radius 2 is 1.70 bits per heavy atom. The van der Waals surface area contributed by atoms with Crippen molar-refractivity contribution < 1.29 is 14.7 Å². The summed E-state index contributed by atoms with van der Waals surface area (Å²) in [6.07, 6.45) is 6.43. The molecule has 2 aliphatic carbocycles. The van der Waals surface area contributed by atoms with Gasteiger partial charge in [-0.25, -0.2) is 0 Å². The zero-order chi connectivity index (χ0) is 19.8. The summed E-state index contributed by atoms with van der Waals surface area (Å²) >= 11 is 6.68. The van der Waals surface area contributed by atoms with Crippen LogP contribution in [0.4, 0.5) is 0 Å². The Labute approximate surface area is 174 Å². The maximum Gasteiger partial charge on any atom is 0.167 e. The first-order chi connectivity index (χ1) is 12.7. The molecule has 5 nitrogen and oxygen atoms in total. The van der Waals surface area contributed by atoms with Crippen molar-refractivity contribution in [1.82, 2.24) is 9.97 Å². The van der Waals surface area contributed by atoms with E-state index in [-0.39, 0.29) is 17.5 Å². The van der Waals surface area contributed by atoms with E-state index in [1.54, 1.807) is 19.3 Å². The number of Topliss-reactive ketones (excluding diaryl/α,β-unsaturated/α-hetero) is 2. The number of aliphatic hydroxyl groups is 1. The first-order valence-corrected chi connectivity index (χ1v) is 10.3. The molecule has 27 heavy (non-hydrogen) atoms. The SMILES string of the molecule is CC(=O)C1(O)CCc2cc(Br)cnc21.CC(=O)C1CCc2cc(Br)cnc21. The topological polar surface area (TPSA) is 80.1 Å². The number of carbonyl (C=O) groups excluding carboxylic acids is 2. The van der Waals surface area contributed by atoms with Crippen LogP contribution in [-0.4, -0.2) is 26.6 Å². The average Bonchev–Trinajstić information content (AvgIpc) is 3.17. The van der Waals surface area contributed by atoms with Gasteiger partial charge in [-0.1, -0.05) is 0 Å². The molecule has 2 heterocycles. The molecule has 0 aliphatic heterocycles. The molecule has 2 aromatic rings. The molecule has 0 bridgehead atoms. The molecule has 2 aromatic heterocycles. The van der Waals surface area contributed by atoms with Crippen molar-refractivity contribution >= 4 is 43.4 Å². The van der Waals surface area contributed by atoms with Crippen LogP contribution in [0.15, 0.2) is 33.5 Å². The van der Waals surface area contributed by atoms with Crippen molar-refractivity contribution in [1.29, 1.82) is 0 Å². The number of ketones is 2. The largest absolute Gasteiger partial charge is 0.376 e. The summed E-state index contributed by atoms with van der Waals surface area (Å²) in [6, 6.07) is 3.97. The molecule has 4 rings (SSSR count). The lowest BCUT2D eigenvalue weighted by Crippen LogP contribution is -2.31. The molecule has 2 atom stereocenters. The third-order valence-corrected chi connectivity index (χ3v) is 6.02. The fourth-order valence-corrected chi connectivity index (χ4v) is 4.42. The Hall–Kier alpha value is -1.44. The summed E-state index contributed by atoms with van der Waals surface area (Å²) in [5, 5.41) is 10.1. The highest BCUT2D eigenvalue weighted by molar-refractivity contribution is 9.10. The number of hydrogen-bond acceptors (Lipinski definition) is 5. The van der Waals surface area contributed by atoms with Crippen molar-refractivity contribution in [3.63, 3.8) is 0 Å². The van der Waals surface area contributed by atoms with Crippen LogP contribution < -0.4 is 0 Å². The Morgan fingerprint density at radius 1 is 1.07 bits per heavy atom. The monoisotopic (exact) mass is 494 g/mol. The summed E-state index contributed by atoms with van der Waals surface area (Å²) in [4.78, 5) is 31.0. The smallest absolute Gasteiger partial charge is 0.167 e. The summed E-state index contributed by atoms with van der Waals surface area (Å²) in [5.41, 5.74) is 2.33. The summed E-state index contributed by atoms with van der Waals surface area (Å²) < 4.78 is 1.87. The second-order valence-corrected chi connectivity index (χ2v) is 8.81. The normalized spacial score (nSPS) is 22.5. The van der Waals surface area contributed by atoms with Crippen LogP contribution in [0, 0.1) is 0 Å². The highest BCUT2D eigenvalue weighted by Gasteiger charge is 2.42. The molecule has 0 spiro atoms. The molecule has 0 amide bonds. The fourth-order valence-electron chi connectivity index (χ4n) is 3.66. The maximum atomic E-state index is 11.3. The first-order valence-electron chi connectivity index (χ1n) is 8.75. The number of halogens is 2. The van der Waals surface area contributed by atoms with Crippen molar-refractivity contribution in [2.45, 2.75) is 51.0 Å². The quantitative estimate of drug-likeness (QED) is 0.680. The third kappa shape index (κ3) is 4.05. The van der Waals surface area contributed by atoms with E-state index in [4.69, 9.17) is 0 Å². The van der Waals surface area contributed by atoms with Crippen molar-refractivity contribution in [3.8, 4) is 0 Å². The Morgan fingerprint density at radius 3 is 2.33 bits per heavy atom. The van der Waals surface area contributed by atoms with Gasteiger partial charge in [0.15, 0.2) is 11.4 Å². The zero-order valence-electron chi connectivity index (χ0n) is 15.1. The number of carbonyl (C=O) groups is 2. The lowest BCUT2D eigenvalue weighted by atomic mass is 9.96. The highest BCUT2D eigenvalue weighted by atomic mass is 79.9. The second-order valence-electron chi connectivity index (χ2n) is 6.98. The molecule has 2 aliphatic rings. The number of fused-ring (bicyclic) bond motifs is 2. The minimum absolute atomic E-state index is 0.0445. The molecule has 2 unspecified atom stereocenters. The fraction of sp³-hybridized carbons (Fsp3) is 0.400. The number of aryl methyl sites for hydroxylation is 2. The average molecular weight is 496 g/mol. The predicted molar refractivity (Wildman–Crippen MR) is 109 cm³/mol. The predicted octanol–water partition coefficient (Wildman–Crippen LogP) is 4.03. The molecule has 0 fully saturated rings. The van der Waals surface area contributed by atoms with Crippen molar-refractivity contribution in [3.05, 3.63) is 56.0 Å². The standard InChI is InChI=1S/C10H10BrNO2.C10H10BrNO/c1-6(13)10(14)3-2-7-4-8(11)5-12-9(7)10;1-6(13)9-3-2-7-4-8(11)5-12-10(7)9/h4-5,14H,2-3H2,1H3;4-5,9H,2-3H2,1H3. The van der Waals surface area contributed by atoms with Crippen molar-refractivity contribution in [2.75, 3.05) is 0 Å². The molecular weight excluding hydrogens is 476 g/mol. The van der Waals surface area contributed by atoms with Gasteiger partial charge < -0.3 is 5.11 Å². The Kier molecular flexibility index (Phi) is 5.93. The van der Waals surface area contributed by atoms with E-state index < -0.39 is 5.60 Å². The summed E-state index contributed by atoms with van der Waals surface area (Å²) in [7, 11) is 0. The minimum atomic E-state index is -1.35. The van der Waals surface area contributed by atoms with E-state index in [2.05, 4.69) is 47.9 Å². The van der Waals surface area contributed by atoms with Crippen LogP contribution in [0.5, 0.6) is 0 Å². The van der Waals surface area contributed by atoms with Crippen LogP contribution in [0.3, 0.4) is 0 Å². The number of nitrogens with zero attached hydrogens (tertiary/aromatic N) is 2. The minimum Gasteiger partial charge on any atom is -0.376 e. The number of hydrogen-bond donors (Lipinski definition) is 1. The van der Waals surface area contributed by atoms with E-state index in [0.717, 1.165) is 33.0 Å². The van der Waals surface area contributed by atoms with Gasteiger partial charge in [0.05, 0.1) is 17.3 Å². The van der Waals surface area contributed by atoms with Crippen LogP contribution in [-0.2, 0) is 28.0 Å². The van der Waals surface area contributed by atoms with Crippen LogP contribution in [0.1, 0.15) is 55.1 Å². The number of pyridine rings is 2. The lowest BCUT2D eigenvalue weighted by Gasteiger charge is -2.18. The first kappa shape index (κ1) is 20.3. The van der Waals surface area contributed by atoms with Gasteiger partial charge in [0.25, 0.3) is 0 Å². The molecule has 0 saturated heterocycles. The van der Waals surface area contributed by atoms with Crippen LogP contribution in [0.2, 0.25) is 0 Å². The molecular formula is C20H20Br2N2O3. The number of rotatable bonds is 2. The third-order valence-electron chi connectivity index (χ3n) is 5.15. The Bertz CT molecular complexity index is 916.